The van der Waals surface area contributed by atoms with E-state index in [2.05, 4.69) is 10.3 Å². The summed E-state index contributed by atoms with van der Waals surface area (Å²) in [5.74, 6) is 0.351. The molecule has 3 N–H and O–H groups in total. The third-order valence-corrected chi connectivity index (χ3v) is 1.52. The number of nitrogens with two attached hydrogens (primary N) is 1. The van der Waals surface area contributed by atoms with Gasteiger partial charge in [-0.1, -0.05) is 11.6 Å². The first-order valence-corrected chi connectivity index (χ1v) is 4.36. The molecule has 2 amide bonds. The second kappa shape index (κ2) is 4.66. The van der Waals surface area contributed by atoms with E-state index in [4.69, 9.17) is 22.1 Å². The van der Waals surface area contributed by atoms with Gasteiger partial charge < -0.3 is 15.8 Å². The number of nitrogens with zero attached hydrogens (tertiary/aromatic N) is 1. The third kappa shape index (κ3) is 3.10. The van der Waals surface area contributed by atoms with Gasteiger partial charge >= 0.3 is 6.03 Å². The lowest BCUT2D eigenvalue weighted by Crippen LogP contribution is -2.19. The van der Waals surface area contributed by atoms with Crippen molar-refractivity contribution in [2.24, 2.45) is 5.73 Å². The van der Waals surface area contributed by atoms with Gasteiger partial charge in [0.25, 0.3) is 0 Å². The number of halogens is 1. The van der Waals surface area contributed by atoms with Crippen molar-refractivity contribution in [3.05, 3.63) is 17.3 Å². The molecule has 0 aliphatic carbocycles. The van der Waals surface area contributed by atoms with Crippen molar-refractivity contribution >= 4 is 23.3 Å². The zero-order chi connectivity index (χ0) is 10.6. The van der Waals surface area contributed by atoms with Gasteiger partial charge in [0.05, 0.1) is 12.3 Å². The van der Waals surface area contributed by atoms with E-state index in [9.17, 15) is 4.79 Å². The van der Waals surface area contributed by atoms with Gasteiger partial charge in [0.1, 0.15) is 5.15 Å². The minimum atomic E-state index is -0.658. The molecule has 0 fully saturated rings. The fourth-order valence-electron chi connectivity index (χ4n) is 0.909. The molecule has 0 aromatic carbocycles. The lowest BCUT2D eigenvalue weighted by Gasteiger charge is -2.05. The van der Waals surface area contributed by atoms with Gasteiger partial charge in [-0.25, -0.2) is 9.78 Å². The smallest absolute Gasteiger partial charge is 0.316 e. The largest absolute Gasteiger partial charge is 0.478 e. The Morgan fingerprint density at radius 3 is 3.00 bits per heavy atom. The number of rotatable bonds is 3. The highest BCUT2D eigenvalue weighted by Crippen LogP contribution is 2.19. The van der Waals surface area contributed by atoms with E-state index in [1.54, 1.807) is 6.07 Å². The highest BCUT2D eigenvalue weighted by molar-refractivity contribution is 6.29. The summed E-state index contributed by atoms with van der Waals surface area (Å²) < 4.78 is 5.12. The number of anilines is 1. The van der Waals surface area contributed by atoms with E-state index in [1.165, 1.54) is 6.07 Å². The number of carbonyl (C=O) groups excluding carboxylic acids is 1. The molecule has 0 unspecified atom stereocenters. The molecule has 1 aromatic rings. The molecular weight excluding hydrogens is 206 g/mol. The number of hydrogen-bond donors (Lipinski definition) is 2. The van der Waals surface area contributed by atoms with Crippen LogP contribution in [-0.2, 0) is 0 Å². The molecule has 5 nitrogen and oxygen atoms in total. The van der Waals surface area contributed by atoms with Crippen LogP contribution in [0.4, 0.5) is 10.5 Å². The first kappa shape index (κ1) is 10.6. The highest BCUT2D eigenvalue weighted by atomic mass is 35.5. The van der Waals surface area contributed by atoms with Gasteiger partial charge in [-0.15, -0.1) is 0 Å². The van der Waals surface area contributed by atoms with E-state index in [0.29, 0.717) is 18.2 Å². The third-order valence-electron chi connectivity index (χ3n) is 1.33. The molecule has 76 valence electrons. The van der Waals surface area contributed by atoms with Gasteiger partial charge in [-0.3, -0.25) is 0 Å². The number of amides is 2. The Morgan fingerprint density at radius 1 is 1.71 bits per heavy atom. The van der Waals surface area contributed by atoms with Crippen LogP contribution in [0.5, 0.6) is 5.88 Å². The summed E-state index contributed by atoms with van der Waals surface area (Å²) in [6.07, 6.45) is 0. The van der Waals surface area contributed by atoms with Gasteiger partial charge in [0, 0.05) is 6.07 Å². The van der Waals surface area contributed by atoms with Crippen molar-refractivity contribution in [3.8, 4) is 5.88 Å². The van der Waals surface area contributed by atoms with Crippen LogP contribution in [0.3, 0.4) is 0 Å². The predicted octanol–water partition coefficient (Wildman–Crippen LogP) is 1.62. The van der Waals surface area contributed by atoms with Crippen LogP contribution in [-0.4, -0.2) is 17.6 Å². The Bertz CT molecular complexity index is 343. The Labute approximate surface area is 86.2 Å². The molecule has 0 spiro atoms. The van der Waals surface area contributed by atoms with Crippen molar-refractivity contribution in [2.75, 3.05) is 11.9 Å². The zero-order valence-corrected chi connectivity index (χ0v) is 8.34. The minimum Gasteiger partial charge on any atom is -0.478 e. The van der Waals surface area contributed by atoms with Crippen LogP contribution in [0.25, 0.3) is 0 Å². The molecule has 1 aromatic heterocycles. The maximum atomic E-state index is 10.6. The number of pyridine rings is 1. The molecular formula is C8H10ClN3O2. The second-order valence-corrected chi connectivity index (χ2v) is 2.83. The van der Waals surface area contributed by atoms with E-state index in [1.807, 2.05) is 6.92 Å². The van der Waals surface area contributed by atoms with Crippen LogP contribution >= 0.6 is 11.6 Å². The lowest BCUT2D eigenvalue weighted by molar-refractivity contribution is 0.259. The molecule has 0 atom stereocenters. The van der Waals surface area contributed by atoms with Gasteiger partial charge in [0.2, 0.25) is 5.88 Å². The molecule has 0 saturated heterocycles. The zero-order valence-electron chi connectivity index (χ0n) is 7.58. The summed E-state index contributed by atoms with van der Waals surface area (Å²) >= 11 is 5.69. The Balaban J connectivity index is 2.88. The molecule has 14 heavy (non-hydrogen) atoms. The fourth-order valence-corrected chi connectivity index (χ4v) is 1.11. The summed E-state index contributed by atoms with van der Waals surface area (Å²) in [5.41, 5.74) is 5.40. The van der Waals surface area contributed by atoms with Crippen LogP contribution in [0.2, 0.25) is 5.15 Å². The van der Waals surface area contributed by atoms with Gasteiger partial charge in [-0.05, 0) is 13.0 Å². The molecule has 6 heteroatoms. The molecule has 1 heterocycles. The van der Waals surface area contributed by atoms with Gasteiger partial charge in [0.15, 0.2) is 0 Å². The predicted molar refractivity (Wildman–Crippen MR) is 53.6 cm³/mol. The SMILES string of the molecule is CCOc1cc(NC(N)=O)cc(Cl)n1. The van der Waals surface area contributed by atoms with E-state index in [0.717, 1.165) is 0 Å². The average Bonchev–Trinajstić information content (AvgIpc) is 2.01. The van der Waals surface area contributed by atoms with Crippen molar-refractivity contribution in [1.29, 1.82) is 0 Å². The van der Waals surface area contributed by atoms with Crippen LogP contribution in [0.15, 0.2) is 12.1 Å². The number of ether oxygens (including phenoxy) is 1. The lowest BCUT2D eigenvalue weighted by atomic mass is 10.4. The molecule has 1 rings (SSSR count). The Morgan fingerprint density at radius 2 is 2.43 bits per heavy atom. The van der Waals surface area contributed by atoms with E-state index in [-0.39, 0.29) is 5.15 Å². The Kier molecular flexibility index (Phi) is 3.53. The number of primary amides is 1. The highest BCUT2D eigenvalue weighted by Gasteiger charge is 2.03. The fraction of sp³-hybridized carbons (Fsp3) is 0.250. The normalized spacial score (nSPS) is 9.57. The van der Waals surface area contributed by atoms with E-state index >= 15 is 0 Å². The summed E-state index contributed by atoms with van der Waals surface area (Å²) in [7, 11) is 0. The molecule has 0 radical (unpaired) electrons. The van der Waals surface area contributed by atoms with Crippen LogP contribution in [0.1, 0.15) is 6.92 Å². The van der Waals surface area contributed by atoms with Crippen LogP contribution < -0.4 is 15.8 Å². The van der Waals surface area contributed by atoms with Crippen molar-refractivity contribution < 1.29 is 9.53 Å². The topological polar surface area (TPSA) is 77.2 Å². The number of urea groups is 1. The standard InChI is InChI=1S/C8H10ClN3O2/c1-2-14-7-4-5(11-8(10)13)3-6(9)12-7/h3-4H,2H2,1H3,(H3,10,11,12,13). The van der Waals surface area contributed by atoms with Crippen molar-refractivity contribution in [3.63, 3.8) is 0 Å². The summed E-state index contributed by atoms with van der Waals surface area (Å²) in [6.45, 7) is 2.30. The van der Waals surface area contributed by atoms with Crippen LogP contribution in [0, 0.1) is 0 Å². The second-order valence-electron chi connectivity index (χ2n) is 2.44. The first-order chi connectivity index (χ1) is 6.61. The molecule has 0 aliphatic heterocycles. The number of carbonyl (C=O) groups is 1. The minimum absolute atomic E-state index is 0.236. The summed E-state index contributed by atoms with van der Waals surface area (Å²) in [6, 6.07) is 2.37. The first-order valence-electron chi connectivity index (χ1n) is 3.98. The number of hydrogen-bond acceptors (Lipinski definition) is 3. The maximum Gasteiger partial charge on any atom is 0.316 e. The average molecular weight is 216 g/mol. The molecule has 0 saturated carbocycles. The van der Waals surface area contributed by atoms with E-state index < -0.39 is 6.03 Å². The number of nitrogens with one attached hydrogen (secondary N) is 1. The van der Waals surface area contributed by atoms with Crippen molar-refractivity contribution in [2.45, 2.75) is 6.92 Å². The van der Waals surface area contributed by atoms with Crippen molar-refractivity contribution in [1.82, 2.24) is 4.98 Å². The quantitative estimate of drug-likeness (QED) is 0.753. The monoisotopic (exact) mass is 215 g/mol. The molecule has 0 bridgehead atoms. The summed E-state index contributed by atoms with van der Waals surface area (Å²) in [4.78, 5) is 14.4. The maximum absolute atomic E-state index is 10.6. The Hall–Kier alpha value is -1.49. The number of aromatic nitrogens is 1. The molecule has 0 aliphatic rings. The summed E-state index contributed by atoms with van der Waals surface area (Å²) in [5, 5.41) is 2.61. The van der Waals surface area contributed by atoms with Gasteiger partial charge in [-0.2, -0.15) is 0 Å².